The molecule has 1 saturated heterocycles. The Morgan fingerprint density at radius 2 is 1.80 bits per heavy atom. The van der Waals surface area contributed by atoms with E-state index in [9.17, 15) is 13.2 Å². The van der Waals surface area contributed by atoms with Gasteiger partial charge in [-0.25, -0.2) is 8.42 Å². The Morgan fingerprint density at radius 1 is 1.13 bits per heavy atom. The average molecular weight is 431 g/mol. The van der Waals surface area contributed by atoms with Gasteiger partial charge in [0, 0.05) is 19.5 Å². The molecule has 0 N–H and O–H groups in total. The fourth-order valence-electron chi connectivity index (χ4n) is 3.66. The summed E-state index contributed by atoms with van der Waals surface area (Å²) in [5.41, 5.74) is 1.90. The highest BCUT2D eigenvalue weighted by Crippen LogP contribution is 2.29. The molecule has 0 radical (unpaired) electrons. The first-order valence-electron chi connectivity index (χ1n) is 10.3. The largest absolute Gasteiger partial charge is 0.456 e. The van der Waals surface area contributed by atoms with E-state index in [0.717, 1.165) is 17.7 Å². The third-order valence-electron chi connectivity index (χ3n) is 5.37. The van der Waals surface area contributed by atoms with Crippen LogP contribution in [0.25, 0.3) is 0 Å². The van der Waals surface area contributed by atoms with E-state index in [2.05, 4.69) is 0 Å². The highest BCUT2D eigenvalue weighted by molar-refractivity contribution is 7.89. The Balaban J connectivity index is 1.79. The van der Waals surface area contributed by atoms with Crippen LogP contribution in [0.1, 0.15) is 36.5 Å². The second-order valence-corrected chi connectivity index (χ2v) is 9.91. The molecule has 2 aromatic carbocycles. The van der Waals surface area contributed by atoms with Gasteiger partial charge >= 0.3 is 5.97 Å². The van der Waals surface area contributed by atoms with E-state index in [0.29, 0.717) is 25.8 Å². The van der Waals surface area contributed by atoms with E-state index in [1.165, 1.54) is 4.31 Å². The number of hydrogen-bond acceptors (Lipinski definition) is 5. The second-order valence-electron chi connectivity index (χ2n) is 8.01. The van der Waals surface area contributed by atoms with E-state index in [1.807, 2.05) is 56.3 Å². The minimum absolute atomic E-state index is 0.208. The number of aryl methyl sites for hydroxylation is 1. The number of nitrogens with zero attached hydrogens (tertiary/aromatic N) is 2. The van der Waals surface area contributed by atoms with Crippen molar-refractivity contribution < 1.29 is 17.9 Å². The van der Waals surface area contributed by atoms with Gasteiger partial charge in [-0.3, -0.25) is 4.79 Å². The third-order valence-corrected chi connectivity index (χ3v) is 7.29. The van der Waals surface area contributed by atoms with Crippen LogP contribution < -0.4 is 0 Å². The molecule has 1 aliphatic rings. The maximum atomic E-state index is 13.1. The highest BCUT2D eigenvalue weighted by Gasteiger charge is 2.41. The summed E-state index contributed by atoms with van der Waals surface area (Å²) in [5.74, 6) is -0.476. The maximum absolute atomic E-state index is 13.1. The van der Waals surface area contributed by atoms with Gasteiger partial charge in [-0.2, -0.15) is 4.31 Å². The van der Waals surface area contributed by atoms with Gasteiger partial charge in [0.1, 0.15) is 12.1 Å². The molecule has 1 aliphatic heterocycles. The van der Waals surface area contributed by atoms with Gasteiger partial charge in [-0.1, -0.05) is 48.0 Å². The van der Waals surface area contributed by atoms with Gasteiger partial charge in [-0.05, 0) is 51.6 Å². The molecule has 7 heteroatoms. The Kier molecular flexibility index (Phi) is 7.28. The first kappa shape index (κ1) is 22.5. The van der Waals surface area contributed by atoms with Crippen LogP contribution in [0.2, 0.25) is 0 Å². The van der Waals surface area contributed by atoms with Gasteiger partial charge in [0.25, 0.3) is 0 Å². The minimum Gasteiger partial charge on any atom is -0.456 e. The third kappa shape index (κ3) is 5.28. The summed E-state index contributed by atoms with van der Waals surface area (Å²) in [6.07, 6.45) is 1.34. The van der Waals surface area contributed by atoms with E-state index in [4.69, 9.17) is 4.74 Å². The number of carbonyl (C=O) groups excluding carboxylic acids is 1. The molecule has 2 aromatic rings. The van der Waals surface area contributed by atoms with Crippen molar-refractivity contribution in [2.24, 2.45) is 0 Å². The molecule has 3 rings (SSSR count). The van der Waals surface area contributed by atoms with Gasteiger partial charge in [0.15, 0.2) is 0 Å². The van der Waals surface area contributed by atoms with Crippen molar-refractivity contribution in [2.75, 3.05) is 27.2 Å². The zero-order valence-electron chi connectivity index (χ0n) is 17.8. The number of benzene rings is 2. The molecule has 0 saturated carbocycles. The van der Waals surface area contributed by atoms with Crippen LogP contribution in [0, 0.1) is 6.92 Å². The van der Waals surface area contributed by atoms with Crippen LogP contribution in [0.3, 0.4) is 0 Å². The van der Waals surface area contributed by atoms with Gasteiger partial charge in [-0.15, -0.1) is 0 Å². The van der Waals surface area contributed by atoms with Crippen molar-refractivity contribution >= 4 is 16.0 Å². The van der Waals surface area contributed by atoms with Crippen molar-refractivity contribution in [1.29, 1.82) is 0 Å². The molecule has 6 nitrogen and oxygen atoms in total. The first-order chi connectivity index (χ1) is 14.3. The summed E-state index contributed by atoms with van der Waals surface area (Å²) in [6.45, 7) is 2.98. The van der Waals surface area contributed by atoms with Crippen LogP contribution in [0.5, 0.6) is 0 Å². The molecule has 2 atom stereocenters. The van der Waals surface area contributed by atoms with Crippen molar-refractivity contribution in [3.8, 4) is 0 Å². The van der Waals surface area contributed by atoms with Crippen LogP contribution in [0.15, 0.2) is 59.5 Å². The molecule has 0 amide bonds. The lowest BCUT2D eigenvalue weighted by molar-refractivity contribution is -0.153. The Morgan fingerprint density at radius 3 is 2.43 bits per heavy atom. The minimum atomic E-state index is -3.75. The Bertz CT molecular complexity index is 943. The molecular weight excluding hydrogens is 400 g/mol. The quantitative estimate of drug-likeness (QED) is 0.601. The lowest BCUT2D eigenvalue weighted by Crippen LogP contribution is -2.41. The van der Waals surface area contributed by atoms with Crippen molar-refractivity contribution in [3.05, 3.63) is 65.7 Å². The van der Waals surface area contributed by atoms with Gasteiger partial charge in [0.2, 0.25) is 10.0 Å². The number of ether oxygens (including phenoxy) is 1. The summed E-state index contributed by atoms with van der Waals surface area (Å²) in [6, 6.07) is 15.5. The van der Waals surface area contributed by atoms with Crippen molar-refractivity contribution in [2.45, 2.75) is 43.2 Å². The molecule has 1 fully saturated rings. The monoisotopic (exact) mass is 430 g/mol. The number of carbonyl (C=O) groups is 1. The molecule has 30 heavy (non-hydrogen) atoms. The fraction of sp³-hybridized carbons (Fsp3) is 0.435. The molecule has 0 aliphatic carbocycles. The van der Waals surface area contributed by atoms with E-state index >= 15 is 0 Å². The van der Waals surface area contributed by atoms with Crippen molar-refractivity contribution in [3.63, 3.8) is 0 Å². The summed E-state index contributed by atoms with van der Waals surface area (Å²) < 4.78 is 33.5. The van der Waals surface area contributed by atoms with E-state index in [-0.39, 0.29) is 4.90 Å². The second kappa shape index (κ2) is 9.73. The van der Waals surface area contributed by atoms with Gasteiger partial charge < -0.3 is 9.64 Å². The van der Waals surface area contributed by atoms with Crippen LogP contribution in [0.4, 0.5) is 0 Å². The predicted molar refractivity (Wildman–Crippen MR) is 117 cm³/mol. The molecule has 162 valence electrons. The maximum Gasteiger partial charge on any atom is 0.325 e. The molecular formula is C23H30N2O4S. The Labute approximate surface area is 179 Å². The average Bonchev–Trinajstić information content (AvgIpc) is 3.23. The lowest BCUT2D eigenvalue weighted by atomic mass is 10.1. The topological polar surface area (TPSA) is 66.9 Å². The summed E-state index contributed by atoms with van der Waals surface area (Å²) in [5, 5.41) is 0. The lowest BCUT2D eigenvalue weighted by Gasteiger charge is -2.26. The smallest absolute Gasteiger partial charge is 0.325 e. The molecule has 0 aromatic heterocycles. The number of sulfonamides is 1. The fourth-order valence-corrected chi connectivity index (χ4v) is 5.31. The normalized spacial score (nSPS) is 18.5. The van der Waals surface area contributed by atoms with Crippen molar-refractivity contribution in [1.82, 2.24) is 9.21 Å². The number of esters is 1. The first-order valence-corrected chi connectivity index (χ1v) is 11.7. The van der Waals surface area contributed by atoms with E-state index in [1.54, 1.807) is 24.3 Å². The SMILES string of the molecule is Cc1ccc(S(=O)(=O)N2CCCC2C(=O)OC(CCN(C)C)c2ccccc2)cc1. The van der Waals surface area contributed by atoms with E-state index < -0.39 is 28.1 Å². The predicted octanol–water partition coefficient (Wildman–Crippen LogP) is 3.38. The molecule has 2 unspecified atom stereocenters. The summed E-state index contributed by atoms with van der Waals surface area (Å²) in [4.78, 5) is 15.3. The number of rotatable bonds is 8. The van der Waals surface area contributed by atoms with Crippen LogP contribution >= 0.6 is 0 Å². The summed E-state index contributed by atoms with van der Waals surface area (Å²) >= 11 is 0. The zero-order valence-corrected chi connectivity index (χ0v) is 18.6. The number of hydrogen-bond donors (Lipinski definition) is 0. The standard InChI is InChI=1S/C23H30N2O4S/c1-18-11-13-20(14-12-18)30(27,28)25-16-7-10-21(25)23(26)29-22(15-17-24(2)3)19-8-5-4-6-9-19/h4-6,8-9,11-14,21-22H,7,10,15-17H2,1-3H3. The Hall–Kier alpha value is -2.22. The summed E-state index contributed by atoms with van der Waals surface area (Å²) in [7, 11) is 0.186. The molecule has 0 bridgehead atoms. The van der Waals surface area contributed by atoms with Gasteiger partial charge in [0.05, 0.1) is 4.90 Å². The zero-order chi connectivity index (χ0) is 21.7. The van der Waals surface area contributed by atoms with Crippen LogP contribution in [-0.4, -0.2) is 56.8 Å². The highest BCUT2D eigenvalue weighted by atomic mass is 32.2. The van der Waals surface area contributed by atoms with Crippen LogP contribution in [-0.2, 0) is 19.6 Å². The molecule has 0 spiro atoms. The molecule has 1 heterocycles.